The van der Waals surface area contributed by atoms with Crippen LogP contribution in [-0.4, -0.2) is 61.0 Å². The maximum Gasteiger partial charge on any atom is 0.165 e. The highest BCUT2D eigenvalue weighted by molar-refractivity contribution is 5.67. The molecule has 0 atom stereocenters. The minimum absolute atomic E-state index is 0.486. The second kappa shape index (κ2) is 7.84. The number of nitrogens with one attached hydrogen (secondary N) is 1. The zero-order valence-corrected chi connectivity index (χ0v) is 14.8. The first-order chi connectivity index (χ1) is 12.8. The molecule has 2 aliphatic heterocycles. The Morgan fingerprint density at radius 3 is 2.69 bits per heavy atom. The van der Waals surface area contributed by atoms with Crippen molar-refractivity contribution >= 4 is 17.5 Å². The first-order valence-corrected chi connectivity index (χ1v) is 9.08. The van der Waals surface area contributed by atoms with Crippen LogP contribution in [0.3, 0.4) is 0 Å². The van der Waals surface area contributed by atoms with E-state index in [4.69, 9.17) is 25.2 Å². The van der Waals surface area contributed by atoms with E-state index in [9.17, 15) is 0 Å². The molecule has 0 aliphatic carbocycles. The molecule has 138 valence electrons. The van der Waals surface area contributed by atoms with E-state index in [1.165, 1.54) is 0 Å². The summed E-state index contributed by atoms with van der Waals surface area (Å²) < 4.78 is 11.1. The molecule has 0 amide bonds. The van der Waals surface area contributed by atoms with Crippen LogP contribution in [0, 0.1) is 0 Å². The number of pyridine rings is 1. The van der Waals surface area contributed by atoms with Crippen LogP contribution < -0.4 is 16.0 Å². The van der Waals surface area contributed by atoms with Crippen molar-refractivity contribution in [1.29, 1.82) is 0 Å². The van der Waals surface area contributed by atoms with Gasteiger partial charge in [0.25, 0.3) is 0 Å². The van der Waals surface area contributed by atoms with Crippen molar-refractivity contribution in [1.82, 2.24) is 15.0 Å². The molecule has 26 heavy (non-hydrogen) atoms. The minimum atomic E-state index is 0.486. The Morgan fingerprint density at radius 2 is 1.88 bits per heavy atom. The highest BCUT2D eigenvalue weighted by Crippen LogP contribution is 2.30. The molecule has 8 heteroatoms. The van der Waals surface area contributed by atoms with Crippen molar-refractivity contribution in [3.05, 3.63) is 23.9 Å². The number of nitrogens with zero attached hydrogens (tertiary/aromatic N) is 4. The van der Waals surface area contributed by atoms with Gasteiger partial charge in [-0.2, -0.15) is 0 Å². The quantitative estimate of drug-likeness (QED) is 0.832. The van der Waals surface area contributed by atoms with Crippen molar-refractivity contribution < 1.29 is 9.47 Å². The number of aromatic nitrogens is 3. The lowest BCUT2D eigenvalue weighted by Crippen LogP contribution is -2.37. The van der Waals surface area contributed by atoms with Crippen molar-refractivity contribution in [2.45, 2.75) is 12.8 Å². The van der Waals surface area contributed by atoms with Crippen LogP contribution in [0.2, 0.25) is 0 Å². The maximum absolute atomic E-state index is 5.72. The number of nitrogen functional groups attached to an aromatic ring is 1. The lowest BCUT2D eigenvalue weighted by Gasteiger charge is -2.30. The topological polar surface area (TPSA) is 98.4 Å². The largest absolute Gasteiger partial charge is 0.384 e. The van der Waals surface area contributed by atoms with Crippen molar-refractivity contribution in [3.8, 4) is 11.4 Å². The summed E-state index contributed by atoms with van der Waals surface area (Å²) in [5, 5.41) is 3.43. The average Bonchev–Trinajstić information content (AvgIpc) is 2.80. The van der Waals surface area contributed by atoms with Crippen LogP contribution in [0.15, 0.2) is 18.3 Å². The molecule has 0 unspecified atom stereocenters. The van der Waals surface area contributed by atoms with E-state index in [0.717, 1.165) is 61.8 Å². The Morgan fingerprint density at radius 1 is 1.04 bits per heavy atom. The molecule has 1 fully saturated rings. The first-order valence-electron chi connectivity index (χ1n) is 9.08. The Balaban J connectivity index is 1.78. The molecule has 0 spiro atoms. The number of anilines is 3. The highest BCUT2D eigenvalue weighted by atomic mass is 16.5. The van der Waals surface area contributed by atoms with Gasteiger partial charge in [0, 0.05) is 43.6 Å². The van der Waals surface area contributed by atoms with E-state index in [1.54, 1.807) is 12.3 Å². The molecule has 4 rings (SSSR count). The van der Waals surface area contributed by atoms with Crippen LogP contribution >= 0.6 is 0 Å². The van der Waals surface area contributed by atoms with Crippen LogP contribution in [0.1, 0.15) is 12.0 Å². The van der Waals surface area contributed by atoms with Crippen LogP contribution in [0.25, 0.3) is 11.4 Å². The van der Waals surface area contributed by atoms with Crippen LogP contribution in [-0.2, 0) is 15.9 Å². The highest BCUT2D eigenvalue weighted by Gasteiger charge is 2.22. The van der Waals surface area contributed by atoms with Gasteiger partial charge in [0.2, 0.25) is 0 Å². The normalized spacial score (nSPS) is 18.2. The lowest BCUT2D eigenvalue weighted by molar-refractivity contribution is 0.122. The molecular weight excluding hydrogens is 332 g/mol. The maximum atomic E-state index is 5.72. The molecule has 8 nitrogen and oxygen atoms in total. The van der Waals surface area contributed by atoms with E-state index in [1.807, 2.05) is 6.07 Å². The summed E-state index contributed by atoms with van der Waals surface area (Å²) in [7, 11) is 0. The summed E-state index contributed by atoms with van der Waals surface area (Å²) in [6, 6.07) is 3.68. The number of hydrogen-bond donors (Lipinski definition) is 2. The van der Waals surface area contributed by atoms with E-state index in [0.29, 0.717) is 31.5 Å². The molecule has 0 aromatic carbocycles. The number of ether oxygens (including phenoxy) is 2. The average molecular weight is 356 g/mol. The van der Waals surface area contributed by atoms with Gasteiger partial charge in [-0.15, -0.1) is 0 Å². The number of fused-ring (bicyclic) bond motifs is 1. The fourth-order valence-electron chi connectivity index (χ4n) is 3.25. The smallest absolute Gasteiger partial charge is 0.165 e. The SMILES string of the molecule is Nc1ccc(-c2nc3c(c(N4CCOCC4)n2)CCCOCCN3)cn1. The van der Waals surface area contributed by atoms with Gasteiger partial charge < -0.3 is 25.4 Å². The van der Waals surface area contributed by atoms with E-state index in [2.05, 4.69) is 15.2 Å². The molecule has 0 bridgehead atoms. The van der Waals surface area contributed by atoms with Gasteiger partial charge in [-0.05, 0) is 25.0 Å². The molecule has 0 radical (unpaired) electrons. The van der Waals surface area contributed by atoms with Gasteiger partial charge >= 0.3 is 0 Å². The van der Waals surface area contributed by atoms with E-state index < -0.39 is 0 Å². The summed E-state index contributed by atoms with van der Waals surface area (Å²) in [5.41, 5.74) is 7.73. The zero-order chi connectivity index (χ0) is 17.8. The van der Waals surface area contributed by atoms with Gasteiger partial charge in [-0.1, -0.05) is 0 Å². The second-order valence-corrected chi connectivity index (χ2v) is 6.41. The summed E-state index contributed by atoms with van der Waals surface area (Å²) in [6.07, 6.45) is 3.56. The fourth-order valence-corrected chi connectivity index (χ4v) is 3.25. The van der Waals surface area contributed by atoms with Crippen LogP contribution in [0.5, 0.6) is 0 Å². The monoisotopic (exact) mass is 356 g/mol. The fraction of sp³-hybridized carbons (Fsp3) is 0.500. The zero-order valence-electron chi connectivity index (χ0n) is 14.8. The van der Waals surface area contributed by atoms with Gasteiger partial charge in [-0.25, -0.2) is 15.0 Å². The second-order valence-electron chi connectivity index (χ2n) is 6.41. The van der Waals surface area contributed by atoms with Crippen molar-refractivity contribution in [2.75, 3.05) is 62.0 Å². The summed E-state index contributed by atoms with van der Waals surface area (Å²) >= 11 is 0. The minimum Gasteiger partial charge on any atom is -0.384 e. The number of nitrogens with two attached hydrogens (primary N) is 1. The first kappa shape index (κ1) is 17.0. The van der Waals surface area contributed by atoms with Gasteiger partial charge in [-0.3, -0.25) is 0 Å². The molecule has 2 aromatic rings. The Labute approximate surface area is 152 Å². The lowest BCUT2D eigenvalue weighted by atomic mass is 10.1. The predicted octanol–water partition coefficient (Wildman–Crippen LogP) is 1.33. The Kier molecular flexibility index (Phi) is 5.12. The Bertz CT molecular complexity index is 746. The molecule has 4 heterocycles. The van der Waals surface area contributed by atoms with Crippen molar-refractivity contribution in [2.24, 2.45) is 0 Å². The predicted molar refractivity (Wildman–Crippen MR) is 100 cm³/mol. The number of rotatable bonds is 2. The van der Waals surface area contributed by atoms with Gasteiger partial charge in [0.1, 0.15) is 17.5 Å². The van der Waals surface area contributed by atoms with Crippen LogP contribution in [0.4, 0.5) is 17.5 Å². The van der Waals surface area contributed by atoms with Gasteiger partial charge in [0.05, 0.1) is 19.8 Å². The molecule has 2 aliphatic rings. The van der Waals surface area contributed by atoms with E-state index >= 15 is 0 Å². The number of hydrogen-bond acceptors (Lipinski definition) is 8. The summed E-state index contributed by atoms with van der Waals surface area (Å²) in [5.74, 6) is 3.02. The van der Waals surface area contributed by atoms with E-state index in [-0.39, 0.29) is 0 Å². The standard InChI is InChI=1S/C18H24N6O2/c19-15-4-3-13(12-21-15)16-22-17-14(2-1-8-25-9-5-20-17)18(23-16)24-6-10-26-11-7-24/h3-4,12H,1-2,5-11H2,(H2,19,21)(H,20,22,23). The Hall–Kier alpha value is -2.45. The van der Waals surface area contributed by atoms with Crippen molar-refractivity contribution in [3.63, 3.8) is 0 Å². The summed E-state index contributed by atoms with van der Waals surface area (Å²) in [4.78, 5) is 16.2. The third-order valence-electron chi connectivity index (χ3n) is 4.59. The number of morpholine rings is 1. The molecule has 2 aromatic heterocycles. The third-order valence-corrected chi connectivity index (χ3v) is 4.59. The summed E-state index contributed by atoms with van der Waals surface area (Å²) in [6.45, 7) is 5.26. The molecular formula is C18H24N6O2. The molecule has 0 saturated carbocycles. The molecule has 1 saturated heterocycles. The molecule has 3 N–H and O–H groups in total. The van der Waals surface area contributed by atoms with Gasteiger partial charge in [0.15, 0.2) is 5.82 Å². The third kappa shape index (κ3) is 3.71.